The van der Waals surface area contributed by atoms with Crippen molar-refractivity contribution in [3.63, 3.8) is 0 Å². The van der Waals surface area contributed by atoms with E-state index in [1.807, 2.05) is 19.1 Å². The first-order valence-electron chi connectivity index (χ1n) is 6.97. The van der Waals surface area contributed by atoms with E-state index in [2.05, 4.69) is 0 Å². The molecular weight excluding hydrogens is 297 g/mol. The molecule has 0 aromatic heterocycles. The van der Waals surface area contributed by atoms with Gasteiger partial charge in [-0.3, -0.25) is 9.59 Å². The minimum absolute atomic E-state index is 0.131. The van der Waals surface area contributed by atoms with Crippen LogP contribution in [0.4, 0.5) is 13.2 Å². The summed E-state index contributed by atoms with van der Waals surface area (Å²) in [7, 11) is 0. The molecule has 1 heterocycles. The van der Waals surface area contributed by atoms with E-state index in [4.69, 9.17) is 0 Å². The van der Waals surface area contributed by atoms with Crippen molar-refractivity contribution in [1.29, 1.82) is 0 Å². The zero-order chi connectivity index (χ0) is 16.3. The van der Waals surface area contributed by atoms with E-state index in [0.717, 1.165) is 10.5 Å². The highest BCUT2D eigenvalue weighted by molar-refractivity contribution is 5.95. The highest BCUT2D eigenvalue weighted by atomic mass is 19.4. The van der Waals surface area contributed by atoms with Crippen molar-refractivity contribution >= 4 is 11.8 Å². The molecule has 22 heavy (non-hydrogen) atoms. The molecule has 1 aliphatic heterocycles. The van der Waals surface area contributed by atoms with E-state index >= 15 is 0 Å². The SMILES string of the molecule is Cc1ccccc1C(=O)N1CCN(C(=O)CC(F)(F)F)CC1. The molecule has 4 nitrogen and oxygen atoms in total. The third-order valence-electron chi connectivity index (χ3n) is 3.65. The number of amides is 2. The zero-order valence-corrected chi connectivity index (χ0v) is 12.2. The lowest BCUT2D eigenvalue weighted by Crippen LogP contribution is -2.51. The first kappa shape index (κ1) is 16.3. The van der Waals surface area contributed by atoms with Gasteiger partial charge in [-0.25, -0.2) is 0 Å². The summed E-state index contributed by atoms with van der Waals surface area (Å²) in [4.78, 5) is 26.6. The fraction of sp³-hybridized carbons (Fsp3) is 0.467. The Bertz CT molecular complexity index is 564. The number of rotatable bonds is 2. The third-order valence-corrected chi connectivity index (χ3v) is 3.65. The van der Waals surface area contributed by atoms with Crippen LogP contribution in [0.25, 0.3) is 0 Å². The lowest BCUT2D eigenvalue weighted by atomic mass is 10.1. The van der Waals surface area contributed by atoms with Crippen molar-refractivity contribution in [3.8, 4) is 0 Å². The monoisotopic (exact) mass is 314 g/mol. The van der Waals surface area contributed by atoms with E-state index < -0.39 is 18.5 Å². The molecule has 0 spiro atoms. The van der Waals surface area contributed by atoms with E-state index in [1.165, 1.54) is 0 Å². The Morgan fingerprint density at radius 1 is 1.05 bits per heavy atom. The molecule has 0 saturated carbocycles. The fourth-order valence-corrected chi connectivity index (χ4v) is 2.43. The summed E-state index contributed by atoms with van der Waals surface area (Å²) in [6.07, 6.45) is -5.94. The lowest BCUT2D eigenvalue weighted by molar-refractivity contribution is -0.162. The summed E-state index contributed by atoms with van der Waals surface area (Å²) in [5.74, 6) is -1.09. The first-order valence-corrected chi connectivity index (χ1v) is 6.97. The average molecular weight is 314 g/mol. The van der Waals surface area contributed by atoms with E-state index in [0.29, 0.717) is 5.56 Å². The quantitative estimate of drug-likeness (QED) is 0.840. The van der Waals surface area contributed by atoms with Gasteiger partial charge in [0.25, 0.3) is 5.91 Å². The maximum absolute atomic E-state index is 12.4. The molecule has 0 unspecified atom stereocenters. The number of nitrogens with zero attached hydrogens (tertiary/aromatic N) is 2. The highest BCUT2D eigenvalue weighted by Gasteiger charge is 2.35. The smallest absolute Gasteiger partial charge is 0.339 e. The van der Waals surface area contributed by atoms with Crippen LogP contribution < -0.4 is 0 Å². The van der Waals surface area contributed by atoms with E-state index in [1.54, 1.807) is 17.0 Å². The molecule has 0 atom stereocenters. The van der Waals surface area contributed by atoms with Gasteiger partial charge in [-0.15, -0.1) is 0 Å². The Kier molecular flexibility index (Phi) is 4.73. The molecule has 2 rings (SSSR count). The topological polar surface area (TPSA) is 40.6 Å². The number of alkyl halides is 3. The minimum Gasteiger partial charge on any atom is -0.339 e. The summed E-state index contributed by atoms with van der Waals surface area (Å²) in [6.45, 7) is 2.59. The Labute approximate surface area is 126 Å². The van der Waals surface area contributed by atoms with Gasteiger partial charge in [-0.05, 0) is 18.6 Å². The summed E-state index contributed by atoms with van der Waals surface area (Å²) < 4.78 is 36.7. The van der Waals surface area contributed by atoms with Crippen molar-refractivity contribution in [3.05, 3.63) is 35.4 Å². The average Bonchev–Trinajstić information content (AvgIpc) is 2.45. The van der Waals surface area contributed by atoms with Crippen LogP contribution in [0.3, 0.4) is 0 Å². The maximum atomic E-state index is 12.4. The number of hydrogen-bond acceptors (Lipinski definition) is 2. The normalized spacial score (nSPS) is 15.8. The van der Waals surface area contributed by atoms with Crippen molar-refractivity contribution in [2.45, 2.75) is 19.5 Å². The second-order valence-electron chi connectivity index (χ2n) is 5.28. The number of aryl methyl sites for hydroxylation is 1. The van der Waals surface area contributed by atoms with Gasteiger partial charge < -0.3 is 9.80 Å². The van der Waals surface area contributed by atoms with Gasteiger partial charge in [0.1, 0.15) is 6.42 Å². The van der Waals surface area contributed by atoms with Crippen LogP contribution >= 0.6 is 0 Å². The van der Waals surface area contributed by atoms with Gasteiger partial charge in [0.2, 0.25) is 5.91 Å². The van der Waals surface area contributed by atoms with E-state index in [-0.39, 0.29) is 32.1 Å². The largest absolute Gasteiger partial charge is 0.397 e. The van der Waals surface area contributed by atoms with Crippen LogP contribution in [0.1, 0.15) is 22.3 Å². The van der Waals surface area contributed by atoms with Crippen molar-refractivity contribution < 1.29 is 22.8 Å². The lowest BCUT2D eigenvalue weighted by Gasteiger charge is -2.35. The van der Waals surface area contributed by atoms with Gasteiger partial charge in [-0.1, -0.05) is 18.2 Å². The van der Waals surface area contributed by atoms with Crippen LogP contribution in [0.2, 0.25) is 0 Å². The van der Waals surface area contributed by atoms with Crippen molar-refractivity contribution in [1.82, 2.24) is 9.80 Å². The molecule has 1 aromatic rings. The first-order chi connectivity index (χ1) is 10.3. The van der Waals surface area contributed by atoms with Crippen molar-refractivity contribution in [2.75, 3.05) is 26.2 Å². The van der Waals surface area contributed by atoms with Crippen LogP contribution in [0, 0.1) is 6.92 Å². The van der Waals surface area contributed by atoms with Crippen LogP contribution in [0.15, 0.2) is 24.3 Å². The van der Waals surface area contributed by atoms with E-state index in [9.17, 15) is 22.8 Å². The van der Waals surface area contributed by atoms with Crippen LogP contribution in [-0.2, 0) is 4.79 Å². The molecule has 120 valence electrons. The van der Waals surface area contributed by atoms with Gasteiger partial charge in [0, 0.05) is 31.7 Å². The predicted molar refractivity (Wildman–Crippen MR) is 74.3 cm³/mol. The number of benzene rings is 1. The Hall–Kier alpha value is -2.05. The molecular formula is C15H17F3N2O2. The zero-order valence-electron chi connectivity index (χ0n) is 12.2. The van der Waals surface area contributed by atoms with Crippen molar-refractivity contribution in [2.24, 2.45) is 0 Å². The predicted octanol–water partition coefficient (Wildman–Crippen LogP) is 2.23. The minimum atomic E-state index is -4.49. The molecule has 1 fully saturated rings. The number of carbonyl (C=O) groups excluding carboxylic acids is 2. The van der Waals surface area contributed by atoms with Crippen LogP contribution in [-0.4, -0.2) is 54.0 Å². The summed E-state index contributed by atoms with van der Waals surface area (Å²) >= 11 is 0. The van der Waals surface area contributed by atoms with Gasteiger partial charge in [0.05, 0.1) is 0 Å². The van der Waals surface area contributed by atoms with Gasteiger partial charge in [-0.2, -0.15) is 13.2 Å². The Morgan fingerprint density at radius 2 is 1.59 bits per heavy atom. The van der Waals surface area contributed by atoms with Gasteiger partial charge >= 0.3 is 6.18 Å². The molecule has 2 amide bonds. The number of hydrogen-bond donors (Lipinski definition) is 0. The highest BCUT2D eigenvalue weighted by Crippen LogP contribution is 2.21. The third kappa shape index (κ3) is 3.99. The molecule has 1 aromatic carbocycles. The fourth-order valence-electron chi connectivity index (χ4n) is 2.43. The van der Waals surface area contributed by atoms with Gasteiger partial charge in [0.15, 0.2) is 0 Å². The molecule has 0 N–H and O–H groups in total. The Morgan fingerprint density at radius 3 is 2.14 bits per heavy atom. The molecule has 0 radical (unpaired) electrons. The standard InChI is InChI=1S/C15H17F3N2O2/c1-11-4-2-3-5-12(11)14(22)20-8-6-19(7-9-20)13(21)10-15(16,17)18/h2-5H,6-10H2,1H3. The number of piperazine rings is 1. The number of halogens is 3. The second-order valence-corrected chi connectivity index (χ2v) is 5.28. The molecule has 0 aliphatic carbocycles. The molecule has 1 saturated heterocycles. The summed E-state index contributed by atoms with van der Waals surface area (Å²) in [6, 6.07) is 7.15. The Balaban J connectivity index is 1.94. The van der Waals surface area contributed by atoms with Crippen LogP contribution in [0.5, 0.6) is 0 Å². The maximum Gasteiger partial charge on any atom is 0.397 e. The molecule has 0 bridgehead atoms. The summed E-state index contributed by atoms with van der Waals surface area (Å²) in [5.41, 5.74) is 1.43. The second kappa shape index (κ2) is 6.37. The summed E-state index contributed by atoms with van der Waals surface area (Å²) in [5, 5.41) is 0. The molecule has 1 aliphatic rings. The number of carbonyl (C=O) groups is 2. The molecule has 7 heteroatoms.